The smallest absolute Gasteiger partial charge is 0.223 e. The summed E-state index contributed by atoms with van der Waals surface area (Å²) in [5, 5.41) is 6.36. The molecule has 0 saturated carbocycles. The molecule has 2 atom stereocenters. The largest absolute Gasteiger partial charge is 0.349 e. The Morgan fingerprint density at radius 3 is 2.14 bits per heavy atom. The van der Waals surface area contributed by atoms with Gasteiger partial charge in [-0.15, -0.1) is 12.4 Å². The highest BCUT2D eigenvalue weighted by Crippen LogP contribution is 2.24. The number of amides is 1. The van der Waals surface area contributed by atoms with E-state index >= 15 is 0 Å². The molecule has 1 amide bonds. The maximum atomic E-state index is 12.2. The van der Waals surface area contributed by atoms with Crippen LogP contribution in [0.5, 0.6) is 0 Å². The summed E-state index contributed by atoms with van der Waals surface area (Å²) in [6.07, 6.45) is 0. The molecule has 1 aliphatic heterocycles. The quantitative estimate of drug-likeness (QED) is 0.890. The molecule has 2 unspecified atom stereocenters. The minimum Gasteiger partial charge on any atom is -0.349 e. The third kappa shape index (κ3) is 4.47. The van der Waals surface area contributed by atoms with E-state index in [1.165, 1.54) is 5.56 Å². The van der Waals surface area contributed by atoms with E-state index in [1.54, 1.807) is 0 Å². The van der Waals surface area contributed by atoms with Crippen LogP contribution in [-0.4, -0.2) is 19.0 Å². The lowest BCUT2D eigenvalue weighted by atomic mass is 9.86. The van der Waals surface area contributed by atoms with Gasteiger partial charge in [0.1, 0.15) is 0 Å². The van der Waals surface area contributed by atoms with Crippen molar-refractivity contribution >= 4 is 18.3 Å². The van der Waals surface area contributed by atoms with Gasteiger partial charge in [0.2, 0.25) is 5.91 Å². The van der Waals surface area contributed by atoms with E-state index in [9.17, 15) is 4.79 Å². The number of halogens is 1. The first kappa shape index (κ1) is 19.0. The zero-order valence-corrected chi connectivity index (χ0v) is 15.1. The first-order valence-corrected chi connectivity index (χ1v) is 7.90. The van der Waals surface area contributed by atoms with Crippen molar-refractivity contribution in [1.82, 2.24) is 10.6 Å². The monoisotopic (exact) mass is 324 g/mol. The van der Waals surface area contributed by atoms with Gasteiger partial charge in [-0.2, -0.15) is 0 Å². The summed E-state index contributed by atoms with van der Waals surface area (Å²) in [7, 11) is 0. The highest BCUT2D eigenvalue weighted by Gasteiger charge is 2.29. The molecule has 1 aromatic rings. The van der Waals surface area contributed by atoms with Gasteiger partial charge < -0.3 is 10.6 Å². The number of carbonyl (C=O) groups excluding carboxylic acids is 1. The van der Waals surface area contributed by atoms with Crippen molar-refractivity contribution in [2.75, 3.05) is 13.1 Å². The van der Waals surface area contributed by atoms with Crippen LogP contribution in [0, 0.1) is 11.8 Å². The van der Waals surface area contributed by atoms with Gasteiger partial charge in [-0.3, -0.25) is 4.79 Å². The number of rotatable bonds is 4. The van der Waals surface area contributed by atoms with Crippen molar-refractivity contribution in [2.24, 2.45) is 11.8 Å². The predicted molar refractivity (Wildman–Crippen MR) is 94.5 cm³/mol. The van der Waals surface area contributed by atoms with E-state index in [4.69, 9.17) is 0 Å². The zero-order chi connectivity index (χ0) is 15.6. The lowest BCUT2D eigenvalue weighted by molar-refractivity contribution is -0.127. The van der Waals surface area contributed by atoms with Crippen molar-refractivity contribution in [2.45, 2.75) is 46.1 Å². The van der Waals surface area contributed by atoms with Crippen LogP contribution in [0.25, 0.3) is 0 Å². The summed E-state index contributed by atoms with van der Waals surface area (Å²) < 4.78 is 0. The van der Waals surface area contributed by atoms with Crippen molar-refractivity contribution in [1.29, 1.82) is 0 Å². The number of hydrogen-bond donors (Lipinski definition) is 2. The van der Waals surface area contributed by atoms with Crippen LogP contribution >= 0.6 is 12.4 Å². The molecule has 0 spiro atoms. The second kappa shape index (κ2) is 7.47. The average Bonchev–Trinajstić information content (AvgIpc) is 2.35. The van der Waals surface area contributed by atoms with Crippen molar-refractivity contribution in [3.05, 3.63) is 35.4 Å². The maximum absolute atomic E-state index is 12.2. The van der Waals surface area contributed by atoms with E-state index in [1.807, 2.05) is 6.92 Å². The van der Waals surface area contributed by atoms with Crippen LogP contribution in [0.15, 0.2) is 24.3 Å². The van der Waals surface area contributed by atoms with Crippen LogP contribution in [0.2, 0.25) is 0 Å². The van der Waals surface area contributed by atoms with Crippen LogP contribution in [0.3, 0.4) is 0 Å². The molecule has 4 heteroatoms. The summed E-state index contributed by atoms with van der Waals surface area (Å²) in [5.41, 5.74) is 2.64. The normalized spacial score (nSPS) is 17.9. The predicted octanol–water partition coefficient (Wildman–Crippen LogP) is 3.44. The summed E-state index contributed by atoms with van der Waals surface area (Å²) in [6.45, 7) is 12.6. The Balaban J connectivity index is 0.00000242. The molecule has 1 aromatic carbocycles. The number of hydrogen-bond acceptors (Lipinski definition) is 2. The van der Waals surface area contributed by atoms with Crippen molar-refractivity contribution in [3.8, 4) is 0 Å². The summed E-state index contributed by atoms with van der Waals surface area (Å²) in [4.78, 5) is 12.2. The molecule has 0 aliphatic carbocycles. The third-order valence-electron chi connectivity index (χ3n) is 4.57. The van der Waals surface area contributed by atoms with Crippen LogP contribution < -0.4 is 10.6 Å². The molecule has 0 bridgehead atoms. The molecular weight excluding hydrogens is 296 g/mol. The highest BCUT2D eigenvalue weighted by molar-refractivity contribution is 5.85. The molecule has 1 fully saturated rings. The summed E-state index contributed by atoms with van der Waals surface area (Å²) >= 11 is 0. The molecule has 1 aliphatic rings. The van der Waals surface area contributed by atoms with Crippen molar-refractivity contribution in [3.63, 3.8) is 0 Å². The van der Waals surface area contributed by atoms with E-state index in [0.29, 0.717) is 5.92 Å². The fourth-order valence-electron chi connectivity index (χ4n) is 2.58. The fraction of sp³-hybridized carbons (Fsp3) is 0.611. The SMILES string of the molecule is CC(NC(=O)C(C)C1CNC1)c1ccc(C(C)(C)C)cc1.Cl. The molecule has 1 heterocycles. The second-order valence-electron chi connectivity index (χ2n) is 7.31. The molecule has 2 rings (SSSR count). The topological polar surface area (TPSA) is 41.1 Å². The van der Waals surface area contributed by atoms with Crippen LogP contribution in [0.4, 0.5) is 0 Å². The lowest BCUT2D eigenvalue weighted by Gasteiger charge is -2.32. The molecule has 0 radical (unpaired) electrons. The standard InChI is InChI=1S/C18H28N2O.ClH/c1-12(15-10-19-11-15)17(21)20-13(2)14-6-8-16(9-7-14)18(3,4)5;/h6-9,12-13,15,19H,10-11H2,1-5H3,(H,20,21);1H. The maximum Gasteiger partial charge on any atom is 0.223 e. The Morgan fingerprint density at radius 2 is 1.73 bits per heavy atom. The second-order valence-corrected chi connectivity index (χ2v) is 7.31. The Kier molecular flexibility index (Phi) is 6.45. The Hall–Kier alpha value is -1.06. The van der Waals surface area contributed by atoms with Gasteiger partial charge in [0.25, 0.3) is 0 Å². The minimum absolute atomic E-state index is 0. The Labute approximate surface area is 140 Å². The van der Waals surface area contributed by atoms with Gasteiger partial charge in [-0.05, 0) is 42.5 Å². The average molecular weight is 325 g/mol. The lowest BCUT2D eigenvalue weighted by Crippen LogP contribution is -2.49. The first-order chi connectivity index (χ1) is 9.79. The highest BCUT2D eigenvalue weighted by atomic mass is 35.5. The first-order valence-electron chi connectivity index (χ1n) is 7.90. The van der Waals surface area contributed by atoms with Gasteiger partial charge in [-0.25, -0.2) is 0 Å². The van der Waals surface area contributed by atoms with Gasteiger partial charge >= 0.3 is 0 Å². The molecular formula is C18H29ClN2O. The van der Waals surface area contributed by atoms with E-state index in [2.05, 4.69) is 62.6 Å². The Morgan fingerprint density at radius 1 is 1.18 bits per heavy atom. The van der Waals surface area contributed by atoms with Gasteiger partial charge in [0.05, 0.1) is 6.04 Å². The van der Waals surface area contributed by atoms with E-state index in [-0.39, 0.29) is 35.7 Å². The van der Waals surface area contributed by atoms with Crippen molar-refractivity contribution < 1.29 is 4.79 Å². The Bertz CT molecular complexity index is 489. The third-order valence-corrected chi connectivity index (χ3v) is 4.57. The number of nitrogens with one attached hydrogen (secondary N) is 2. The molecule has 22 heavy (non-hydrogen) atoms. The van der Waals surface area contributed by atoms with E-state index < -0.39 is 0 Å². The van der Waals surface area contributed by atoms with Crippen LogP contribution in [0.1, 0.15) is 51.8 Å². The van der Waals surface area contributed by atoms with E-state index in [0.717, 1.165) is 18.7 Å². The van der Waals surface area contributed by atoms with Gasteiger partial charge in [-0.1, -0.05) is 52.0 Å². The number of carbonyl (C=O) groups is 1. The molecule has 1 saturated heterocycles. The molecule has 124 valence electrons. The van der Waals surface area contributed by atoms with Gasteiger partial charge in [0.15, 0.2) is 0 Å². The molecule has 3 nitrogen and oxygen atoms in total. The van der Waals surface area contributed by atoms with Crippen LogP contribution in [-0.2, 0) is 10.2 Å². The fourth-order valence-corrected chi connectivity index (χ4v) is 2.58. The molecule has 0 aromatic heterocycles. The van der Waals surface area contributed by atoms with Gasteiger partial charge in [0, 0.05) is 5.92 Å². The zero-order valence-electron chi connectivity index (χ0n) is 14.3. The minimum atomic E-state index is 0. The summed E-state index contributed by atoms with van der Waals surface area (Å²) in [6, 6.07) is 8.64. The molecule has 2 N–H and O–H groups in total. The number of benzene rings is 1. The summed E-state index contributed by atoms with van der Waals surface area (Å²) in [5.74, 6) is 0.733.